The average Bonchev–Trinajstić information content (AvgIpc) is 3.73. The van der Waals surface area contributed by atoms with Gasteiger partial charge in [0.25, 0.3) is 0 Å². The third-order valence-electron chi connectivity index (χ3n) is 9.45. The van der Waals surface area contributed by atoms with Crippen LogP contribution in [0.5, 0.6) is 0 Å². The van der Waals surface area contributed by atoms with Gasteiger partial charge in [0.2, 0.25) is 0 Å². The zero-order valence-electron chi connectivity index (χ0n) is 25.7. The topological polar surface area (TPSA) is 75.6 Å². The SMILES string of the molecule is c1ccc(C2NC(c3cccc4c(-c5cccc6oc7cccnc7c56)cccc34)=NC(c3cccc4oc5ccccc5c34)N2)cc1. The third kappa shape index (κ3) is 4.16. The number of hydrogen-bond acceptors (Lipinski definition) is 6. The molecule has 0 bridgehead atoms. The van der Waals surface area contributed by atoms with E-state index in [1.54, 1.807) is 0 Å². The maximum Gasteiger partial charge on any atom is 0.153 e. The summed E-state index contributed by atoms with van der Waals surface area (Å²) >= 11 is 0. The number of nitrogens with one attached hydrogen (secondary N) is 2. The minimum atomic E-state index is -0.327. The number of aliphatic imine (C=N–C) groups is 1. The minimum Gasteiger partial charge on any atom is -0.456 e. The lowest BCUT2D eigenvalue weighted by molar-refractivity contribution is 0.411. The number of nitrogens with zero attached hydrogens (tertiary/aromatic N) is 2. The second kappa shape index (κ2) is 10.7. The first kappa shape index (κ1) is 26.9. The van der Waals surface area contributed by atoms with Crippen LogP contribution in [-0.4, -0.2) is 10.8 Å². The molecule has 9 aromatic rings. The van der Waals surface area contributed by atoms with Crippen LogP contribution in [0.1, 0.15) is 29.0 Å². The van der Waals surface area contributed by atoms with Crippen molar-refractivity contribution < 1.29 is 8.83 Å². The predicted octanol–water partition coefficient (Wildman–Crippen LogP) is 10.0. The molecule has 2 unspecified atom stereocenters. The van der Waals surface area contributed by atoms with Gasteiger partial charge in [-0.1, -0.05) is 109 Å². The van der Waals surface area contributed by atoms with E-state index in [0.717, 1.165) is 88.4 Å². The average molecular weight is 621 g/mol. The van der Waals surface area contributed by atoms with Crippen molar-refractivity contribution in [3.8, 4) is 11.1 Å². The fraction of sp³-hybridized carbons (Fsp3) is 0.0476. The molecule has 0 amide bonds. The molecule has 6 aromatic carbocycles. The molecule has 48 heavy (non-hydrogen) atoms. The summed E-state index contributed by atoms with van der Waals surface area (Å²) in [6.07, 6.45) is 1.32. The van der Waals surface area contributed by atoms with Crippen molar-refractivity contribution in [3.63, 3.8) is 0 Å². The number of fused-ring (bicyclic) bond motifs is 7. The van der Waals surface area contributed by atoms with Crippen LogP contribution in [0.25, 0.3) is 65.9 Å². The van der Waals surface area contributed by atoms with Crippen molar-refractivity contribution in [3.05, 3.63) is 162 Å². The molecule has 228 valence electrons. The van der Waals surface area contributed by atoms with Gasteiger partial charge in [-0.05, 0) is 57.8 Å². The minimum absolute atomic E-state index is 0.173. The van der Waals surface area contributed by atoms with E-state index in [9.17, 15) is 0 Å². The number of benzene rings is 6. The zero-order chi connectivity index (χ0) is 31.6. The summed E-state index contributed by atoms with van der Waals surface area (Å²) in [5.74, 6) is 0.828. The lowest BCUT2D eigenvalue weighted by atomic mass is 9.93. The van der Waals surface area contributed by atoms with Gasteiger partial charge in [0.15, 0.2) is 5.58 Å². The summed E-state index contributed by atoms with van der Waals surface area (Å²) in [6.45, 7) is 0. The van der Waals surface area contributed by atoms with Crippen LogP contribution >= 0.6 is 0 Å². The van der Waals surface area contributed by atoms with Gasteiger partial charge in [0.1, 0.15) is 40.4 Å². The van der Waals surface area contributed by atoms with Crippen molar-refractivity contribution in [2.45, 2.75) is 12.3 Å². The van der Waals surface area contributed by atoms with Crippen LogP contribution in [0.2, 0.25) is 0 Å². The highest BCUT2D eigenvalue weighted by Crippen LogP contribution is 2.40. The van der Waals surface area contributed by atoms with Gasteiger partial charge < -0.3 is 14.2 Å². The Morgan fingerprint density at radius 1 is 0.500 bits per heavy atom. The van der Waals surface area contributed by atoms with Crippen LogP contribution < -0.4 is 10.6 Å². The van der Waals surface area contributed by atoms with Gasteiger partial charge in [0.05, 0.1) is 5.39 Å². The van der Waals surface area contributed by atoms with Crippen LogP contribution in [0.3, 0.4) is 0 Å². The second-order valence-corrected chi connectivity index (χ2v) is 12.2. The molecule has 0 aliphatic carbocycles. The van der Waals surface area contributed by atoms with Gasteiger partial charge in [-0.25, -0.2) is 4.99 Å². The highest BCUT2D eigenvalue weighted by atomic mass is 16.3. The lowest BCUT2D eigenvalue weighted by Gasteiger charge is -2.32. The number of rotatable bonds is 4. The van der Waals surface area contributed by atoms with Crippen LogP contribution in [0.4, 0.5) is 0 Å². The number of para-hydroxylation sites is 1. The summed E-state index contributed by atoms with van der Waals surface area (Å²) < 4.78 is 12.5. The lowest BCUT2D eigenvalue weighted by Crippen LogP contribution is -2.45. The van der Waals surface area contributed by atoms with Crippen molar-refractivity contribution in [2.24, 2.45) is 4.99 Å². The molecule has 0 saturated carbocycles. The molecule has 6 heteroatoms. The Morgan fingerprint density at radius 3 is 2.04 bits per heavy atom. The van der Waals surface area contributed by atoms with Crippen molar-refractivity contribution in [1.82, 2.24) is 15.6 Å². The van der Waals surface area contributed by atoms with E-state index in [1.165, 1.54) is 0 Å². The van der Waals surface area contributed by atoms with Crippen molar-refractivity contribution in [2.75, 3.05) is 0 Å². The quantitative estimate of drug-likeness (QED) is 0.205. The molecule has 2 N–H and O–H groups in total. The second-order valence-electron chi connectivity index (χ2n) is 12.2. The number of furan rings is 2. The van der Waals surface area contributed by atoms with E-state index in [1.807, 2.05) is 48.7 Å². The van der Waals surface area contributed by atoms with Crippen LogP contribution in [0, 0.1) is 0 Å². The predicted molar refractivity (Wildman–Crippen MR) is 193 cm³/mol. The molecule has 0 spiro atoms. The van der Waals surface area contributed by atoms with E-state index in [4.69, 9.17) is 18.8 Å². The molecule has 1 aliphatic heterocycles. The van der Waals surface area contributed by atoms with Gasteiger partial charge in [-0.2, -0.15) is 0 Å². The fourth-order valence-electron chi connectivity index (χ4n) is 7.32. The standard InChI is InChI=1S/C42H28N4O2/c1-2-11-25(12-3-1)40-44-41(46-42(45-40)32-19-9-21-34-37(32)31-13-4-5-20-33(31)47-34)30-18-7-14-26-27(15-6-16-28(26)30)29-17-8-22-35-38(29)39-36(48-35)23-10-24-43-39/h1-24,40,42,45H,(H,44,46). The summed E-state index contributed by atoms with van der Waals surface area (Å²) in [7, 11) is 0. The molecule has 0 saturated heterocycles. The Bertz CT molecular complexity index is 2710. The summed E-state index contributed by atoms with van der Waals surface area (Å²) in [5, 5.41) is 13.0. The fourth-order valence-corrected chi connectivity index (χ4v) is 7.32. The van der Waals surface area contributed by atoms with Gasteiger partial charge >= 0.3 is 0 Å². The molecular weight excluding hydrogens is 592 g/mol. The van der Waals surface area contributed by atoms with E-state index < -0.39 is 0 Å². The molecule has 3 aromatic heterocycles. The zero-order valence-corrected chi connectivity index (χ0v) is 25.7. The number of pyridine rings is 1. The Kier molecular flexibility index (Phi) is 5.98. The Hall–Kier alpha value is -6.24. The maximum atomic E-state index is 6.27. The number of amidine groups is 1. The van der Waals surface area contributed by atoms with E-state index >= 15 is 0 Å². The summed E-state index contributed by atoms with van der Waals surface area (Å²) in [5.41, 5.74) is 9.65. The van der Waals surface area contributed by atoms with E-state index in [0.29, 0.717) is 0 Å². The van der Waals surface area contributed by atoms with E-state index in [2.05, 4.69) is 108 Å². The first-order valence-electron chi connectivity index (χ1n) is 16.1. The van der Waals surface area contributed by atoms with Crippen LogP contribution in [0.15, 0.2) is 160 Å². The van der Waals surface area contributed by atoms with Gasteiger partial charge in [-0.3, -0.25) is 10.3 Å². The molecule has 4 heterocycles. The number of aromatic nitrogens is 1. The highest BCUT2D eigenvalue weighted by molar-refractivity contribution is 6.17. The molecule has 10 rings (SSSR count). The summed E-state index contributed by atoms with van der Waals surface area (Å²) in [6, 6.07) is 48.0. The first-order chi connectivity index (χ1) is 23.8. The van der Waals surface area contributed by atoms with Crippen molar-refractivity contribution >= 4 is 60.6 Å². The number of hydrogen-bond donors (Lipinski definition) is 2. The maximum absolute atomic E-state index is 6.27. The molecule has 1 aliphatic rings. The third-order valence-corrected chi connectivity index (χ3v) is 9.45. The molecule has 0 radical (unpaired) electrons. The van der Waals surface area contributed by atoms with Gasteiger partial charge in [-0.15, -0.1) is 0 Å². The summed E-state index contributed by atoms with van der Waals surface area (Å²) in [4.78, 5) is 10.1. The normalized spacial score (nSPS) is 16.5. The Morgan fingerprint density at radius 2 is 1.15 bits per heavy atom. The largest absolute Gasteiger partial charge is 0.456 e. The molecule has 2 atom stereocenters. The monoisotopic (exact) mass is 620 g/mol. The first-order valence-corrected chi connectivity index (χ1v) is 16.1. The van der Waals surface area contributed by atoms with Crippen LogP contribution in [-0.2, 0) is 0 Å². The molecular formula is C42H28N4O2. The smallest absolute Gasteiger partial charge is 0.153 e. The molecule has 0 fully saturated rings. The Labute approximate surface area is 275 Å². The Balaban J connectivity index is 1.17. The molecule has 6 nitrogen and oxygen atoms in total. The van der Waals surface area contributed by atoms with Gasteiger partial charge in [0, 0.05) is 28.1 Å². The highest BCUT2D eigenvalue weighted by Gasteiger charge is 2.28. The van der Waals surface area contributed by atoms with E-state index in [-0.39, 0.29) is 12.3 Å². The van der Waals surface area contributed by atoms with Crippen molar-refractivity contribution in [1.29, 1.82) is 0 Å².